The highest BCUT2D eigenvalue weighted by molar-refractivity contribution is 7.22. The molecule has 0 radical (unpaired) electrons. The summed E-state index contributed by atoms with van der Waals surface area (Å²) < 4.78 is 6.49. The number of amides is 1. The Balaban J connectivity index is 2.13. The highest BCUT2D eigenvalue weighted by Gasteiger charge is 2.14. The molecule has 0 saturated heterocycles. The smallest absolute Gasteiger partial charge is 0.228 e. The number of ether oxygens (including phenoxy) is 1. The van der Waals surface area contributed by atoms with Crippen LogP contribution in [0.15, 0.2) is 18.2 Å². The van der Waals surface area contributed by atoms with Crippen LogP contribution >= 0.6 is 11.3 Å². The Labute approximate surface area is 123 Å². The minimum atomic E-state index is 0.0194. The maximum absolute atomic E-state index is 12.0. The van der Waals surface area contributed by atoms with Gasteiger partial charge >= 0.3 is 0 Å². The van der Waals surface area contributed by atoms with Gasteiger partial charge in [0.15, 0.2) is 5.13 Å². The number of hydrogen-bond donors (Lipinski definition) is 1. The Hall–Kier alpha value is -1.62. The summed E-state index contributed by atoms with van der Waals surface area (Å²) in [5.74, 6) is 0.891. The lowest BCUT2D eigenvalue weighted by molar-refractivity contribution is -0.119. The number of nitrogens with one attached hydrogen (secondary N) is 1. The Morgan fingerprint density at radius 1 is 1.45 bits per heavy atom. The van der Waals surface area contributed by atoms with Gasteiger partial charge in [-0.1, -0.05) is 31.6 Å². The topological polar surface area (TPSA) is 51.2 Å². The number of anilines is 1. The molecule has 20 heavy (non-hydrogen) atoms. The molecule has 0 bridgehead atoms. The second-order valence-electron chi connectivity index (χ2n) is 4.76. The second kappa shape index (κ2) is 6.70. The van der Waals surface area contributed by atoms with Gasteiger partial charge in [0, 0.05) is 5.92 Å². The Morgan fingerprint density at radius 2 is 2.25 bits per heavy atom. The SMILES string of the molecule is CCC[C@@H](C)C(=O)Nc1nc2ccc(OCC)cc2s1. The number of rotatable bonds is 6. The van der Waals surface area contributed by atoms with E-state index in [1.807, 2.05) is 32.0 Å². The minimum Gasteiger partial charge on any atom is -0.494 e. The fourth-order valence-electron chi connectivity index (χ4n) is 2.01. The average Bonchev–Trinajstić information content (AvgIpc) is 2.80. The Morgan fingerprint density at radius 3 is 2.95 bits per heavy atom. The van der Waals surface area contributed by atoms with Crippen LogP contribution in [0.3, 0.4) is 0 Å². The van der Waals surface area contributed by atoms with Crippen molar-refractivity contribution in [3.05, 3.63) is 18.2 Å². The highest BCUT2D eigenvalue weighted by Crippen LogP contribution is 2.29. The van der Waals surface area contributed by atoms with Gasteiger partial charge in [0.1, 0.15) is 5.75 Å². The molecule has 0 spiro atoms. The summed E-state index contributed by atoms with van der Waals surface area (Å²) in [6, 6.07) is 5.78. The molecule has 0 aliphatic carbocycles. The number of nitrogens with zero attached hydrogens (tertiary/aromatic N) is 1. The molecule has 1 amide bonds. The standard InChI is InChI=1S/C15H20N2O2S/c1-4-6-10(3)14(18)17-15-16-12-8-7-11(19-5-2)9-13(12)20-15/h7-10H,4-6H2,1-3H3,(H,16,17,18)/t10-/m1/s1. The van der Waals surface area contributed by atoms with Crippen LogP contribution in [0.25, 0.3) is 10.2 Å². The van der Waals surface area contributed by atoms with E-state index in [4.69, 9.17) is 4.74 Å². The lowest BCUT2D eigenvalue weighted by Gasteiger charge is -2.08. The summed E-state index contributed by atoms with van der Waals surface area (Å²) in [5, 5.41) is 3.55. The van der Waals surface area contributed by atoms with Crippen molar-refractivity contribution >= 4 is 32.6 Å². The van der Waals surface area contributed by atoms with Crippen LogP contribution in [-0.4, -0.2) is 17.5 Å². The summed E-state index contributed by atoms with van der Waals surface area (Å²) in [6.07, 6.45) is 1.90. The van der Waals surface area contributed by atoms with Gasteiger partial charge < -0.3 is 10.1 Å². The van der Waals surface area contributed by atoms with Crippen molar-refractivity contribution < 1.29 is 9.53 Å². The van der Waals surface area contributed by atoms with Crippen molar-refractivity contribution in [3.8, 4) is 5.75 Å². The summed E-state index contributed by atoms with van der Waals surface area (Å²) in [4.78, 5) is 16.4. The average molecular weight is 292 g/mol. The fraction of sp³-hybridized carbons (Fsp3) is 0.467. The molecule has 0 saturated carbocycles. The second-order valence-corrected chi connectivity index (χ2v) is 5.79. The van der Waals surface area contributed by atoms with Crippen molar-refractivity contribution in [2.45, 2.75) is 33.6 Å². The summed E-state index contributed by atoms with van der Waals surface area (Å²) >= 11 is 1.48. The zero-order valence-electron chi connectivity index (χ0n) is 12.1. The molecular formula is C15H20N2O2S. The number of thiazole rings is 1. The van der Waals surface area contributed by atoms with Crippen LogP contribution in [0.5, 0.6) is 5.75 Å². The predicted molar refractivity (Wildman–Crippen MR) is 83.5 cm³/mol. The van der Waals surface area contributed by atoms with Gasteiger partial charge in [-0.15, -0.1) is 0 Å². The molecule has 0 aliphatic heterocycles. The number of fused-ring (bicyclic) bond motifs is 1. The first kappa shape index (κ1) is 14.8. The van der Waals surface area contributed by atoms with Gasteiger partial charge in [-0.05, 0) is 31.5 Å². The maximum atomic E-state index is 12.0. The van der Waals surface area contributed by atoms with Crippen molar-refractivity contribution in [1.82, 2.24) is 4.98 Å². The Bertz CT molecular complexity index is 595. The van der Waals surface area contributed by atoms with Crippen molar-refractivity contribution in [2.75, 3.05) is 11.9 Å². The van der Waals surface area contributed by atoms with Gasteiger partial charge in [-0.25, -0.2) is 4.98 Å². The number of hydrogen-bond acceptors (Lipinski definition) is 4. The fourth-order valence-corrected chi connectivity index (χ4v) is 2.90. The van der Waals surface area contributed by atoms with E-state index in [1.165, 1.54) is 11.3 Å². The van der Waals surface area contributed by atoms with Crippen LogP contribution in [0, 0.1) is 5.92 Å². The van der Waals surface area contributed by atoms with E-state index < -0.39 is 0 Å². The van der Waals surface area contributed by atoms with Crippen LogP contribution < -0.4 is 10.1 Å². The summed E-state index contributed by atoms with van der Waals surface area (Å²) in [7, 11) is 0. The normalized spacial score (nSPS) is 12.3. The molecule has 4 nitrogen and oxygen atoms in total. The summed E-state index contributed by atoms with van der Waals surface area (Å²) in [5.41, 5.74) is 0.886. The summed E-state index contributed by atoms with van der Waals surface area (Å²) in [6.45, 7) is 6.62. The van der Waals surface area contributed by atoms with Crippen LogP contribution in [0.4, 0.5) is 5.13 Å². The van der Waals surface area contributed by atoms with E-state index in [1.54, 1.807) is 0 Å². The molecule has 1 atom stereocenters. The number of carbonyl (C=O) groups excluding carboxylic acids is 1. The van der Waals surface area contributed by atoms with Crippen molar-refractivity contribution in [2.24, 2.45) is 5.92 Å². The lowest BCUT2D eigenvalue weighted by Crippen LogP contribution is -2.19. The molecule has 1 N–H and O–H groups in total. The molecule has 0 unspecified atom stereocenters. The molecule has 1 aromatic carbocycles. The number of aromatic nitrogens is 1. The Kier molecular flexibility index (Phi) is 4.95. The van der Waals surface area contributed by atoms with E-state index in [0.717, 1.165) is 28.8 Å². The third kappa shape index (κ3) is 3.48. The first-order valence-electron chi connectivity index (χ1n) is 6.98. The molecule has 1 heterocycles. The molecule has 1 aromatic heterocycles. The van der Waals surface area contributed by atoms with E-state index >= 15 is 0 Å². The molecule has 108 valence electrons. The van der Waals surface area contributed by atoms with Gasteiger partial charge in [0.05, 0.1) is 16.8 Å². The van der Waals surface area contributed by atoms with Crippen molar-refractivity contribution in [1.29, 1.82) is 0 Å². The van der Waals surface area contributed by atoms with Crippen LogP contribution in [0.2, 0.25) is 0 Å². The van der Waals surface area contributed by atoms with Gasteiger partial charge in [-0.2, -0.15) is 0 Å². The molecule has 2 rings (SSSR count). The minimum absolute atomic E-state index is 0.0194. The largest absolute Gasteiger partial charge is 0.494 e. The molecule has 0 aliphatic rings. The molecular weight excluding hydrogens is 272 g/mol. The molecule has 0 fully saturated rings. The van der Waals surface area contributed by atoms with Crippen molar-refractivity contribution in [3.63, 3.8) is 0 Å². The lowest BCUT2D eigenvalue weighted by atomic mass is 10.1. The van der Waals surface area contributed by atoms with E-state index in [2.05, 4.69) is 17.2 Å². The highest BCUT2D eigenvalue weighted by atomic mass is 32.1. The first-order valence-corrected chi connectivity index (χ1v) is 7.80. The van der Waals surface area contributed by atoms with Gasteiger partial charge in [0.25, 0.3) is 0 Å². The maximum Gasteiger partial charge on any atom is 0.228 e. The van der Waals surface area contributed by atoms with E-state index in [9.17, 15) is 4.79 Å². The first-order chi connectivity index (χ1) is 9.63. The van der Waals surface area contributed by atoms with Gasteiger partial charge in [-0.3, -0.25) is 4.79 Å². The third-order valence-electron chi connectivity index (χ3n) is 3.07. The van der Waals surface area contributed by atoms with Crippen LogP contribution in [-0.2, 0) is 4.79 Å². The monoisotopic (exact) mass is 292 g/mol. The third-order valence-corrected chi connectivity index (χ3v) is 4.00. The number of carbonyl (C=O) groups is 1. The molecule has 5 heteroatoms. The van der Waals surface area contributed by atoms with Gasteiger partial charge in [0.2, 0.25) is 5.91 Å². The predicted octanol–water partition coefficient (Wildman–Crippen LogP) is 4.07. The molecule has 2 aromatic rings. The van der Waals surface area contributed by atoms with Crippen LogP contribution in [0.1, 0.15) is 33.6 Å². The quantitative estimate of drug-likeness (QED) is 0.873. The number of benzene rings is 1. The van der Waals surface area contributed by atoms with E-state index in [-0.39, 0.29) is 11.8 Å². The van der Waals surface area contributed by atoms with E-state index in [0.29, 0.717) is 11.7 Å². The zero-order chi connectivity index (χ0) is 14.5. The zero-order valence-corrected chi connectivity index (χ0v) is 12.9.